The fraction of sp³-hybridized carbons (Fsp3) is 0.667. The molecule has 24 heavy (non-hydrogen) atoms. The molecular weight excluding hydrogens is 387 g/mol. The lowest BCUT2D eigenvalue weighted by Gasteiger charge is -2.19. The molecule has 15 heteroatoms. The number of ether oxygens (including phenoxy) is 1. The molecule has 5 nitrogen and oxygen atoms in total. The van der Waals surface area contributed by atoms with Crippen LogP contribution in [-0.2, 0) is 33.6 Å². The minimum absolute atomic E-state index is 0.462. The Bertz CT molecular complexity index is 705. The van der Waals surface area contributed by atoms with Crippen molar-refractivity contribution in [1.82, 2.24) is 9.78 Å². The van der Waals surface area contributed by atoms with E-state index in [1.54, 1.807) is 0 Å². The van der Waals surface area contributed by atoms with Gasteiger partial charge in [0.2, 0.25) is 0 Å². The van der Waals surface area contributed by atoms with E-state index in [1.807, 2.05) is 0 Å². The Morgan fingerprint density at radius 3 is 1.92 bits per heavy atom. The first-order valence-corrected chi connectivity index (χ1v) is 7.00. The molecule has 0 aliphatic heterocycles. The fourth-order valence-electron chi connectivity index (χ4n) is 1.63. The van der Waals surface area contributed by atoms with Gasteiger partial charge in [-0.15, -0.1) is 0 Å². The van der Waals surface area contributed by atoms with E-state index >= 15 is 0 Å². The normalized spacial score (nSPS) is 14.2. The van der Waals surface area contributed by atoms with Gasteiger partial charge < -0.3 is 4.74 Å². The number of methoxy groups -OCH3 is 1. The number of halogens is 9. The fourth-order valence-corrected chi connectivity index (χ4v) is 2.47. The first kappa shape index (κ1) is 20.5. The van der Waals surface area contributed by atoms with Crippen LogP contribution in [0.4, 0.5) is 39.0 Å². The molecule has 0 aliphatic rings. The molecule has 0 radical (unpaired) electrons. The molecule has 0 N–H and O–H groups in total. The average Bonchev–Trinajstić information content (AvgIpc) is 2.74. The van der Waals surface area contributed by atoms with Crippen LogP contribution in [0.25, 0.3) is 0 Å². The quantitative estimate of drug-likeness (QED) is 0.569. The molecule has 0 fully saturated rings. The monoisotopic (exact) mass is 394 g/mol. The third kappa shape index (κ3) is 3.76. The first-order valence-electron chi connectivity index (χ1n) is 5.61. The molecule has 0 atom stereocenters. The maximum absolute atomic E-state index is 13.3. The van der Waals surface area contributed by atoms with Crippen molar-refractivity contribution >= 4 is 10.2 Å². The summed E-state index contributed by atoms with van der Waals surface area (Å²) in [5.74, 6) is -6.17. The van der Waals surface area contributed by atoms with Crippen molar-refractivity contribution in [2.75, 3.05) is 13.7 Å². The van der Waals surface area contributed by atoms with Crippen LogP contribution in [0.2, 0.25) is 0 Å². The van der Waals surface area contributed by atoms with E-state index in [-0.39, 0.29) is 0 Å². The summed E-state index contributed by atoms with van der Waals surface area (Å²) in [6, 6.07) is 0. The minimum Gasteiger partial charge on any atom is -0.383 e. The second kappa shape index (κ2) is 6.09. The van der Waals surface area contributed by atoms with E-state index in [1.165, 1.54) is 0 Å². The van der Waals surface area contributed by atoms with Gasteiger partial charge in [0, 0.05) is 7.11 Å². The van der Waals surface area contributed by atoms with Gasteiger partial charge in [-0.25, -0.2) is 4.68 Å². The van der Waals surface area contributed by atoms with Crippen LogP contribution in [0, 0.1) is 0 Å². The molecule has 0 unspecified atom stereocenters. The molecule has 0 saturated carbocycles. The van der Waals surface area contributed by atoms with Gasteiger partial charge in [-0.3, -0.25) is 0 Å². The van der Waals surface area contributed by atoms with Gasteiger partial charge in [0.05, 0.1) is 13.2 Å². The Morgan fingerprint density at radius 1 is 1.08 bits per heavy atom. The third-order valence-corrected chi connectivity index (χ3v) is 3.46. The van der Waals surface area contributed by atoms with Crippen LogP contribution in [0.5, 0.6) is 0 Å². The van der Waals surface area contributed by atoms with Crippen molar-refractivity contribution in [3.63, 3.8) is 0 Å². The van der Waals surface area contributed by atoms with Crippen LogP contribution in [0.15, 0.2) is 5.03 Å². The number of hydrogen-bond acceptors (Lipinski definition) is 4. The first-order chi connectivity index (χ1) is 10.5. The molecule has 140 valence electrons. The molecule has 1 aromatic rings. The number of alkyl halides is 8. The Balaban J connectivity index is 3.88. The molecule has 1 rings (SSSR count). The summed E-state index contributed by atoms with van der Waals surface area (Å²) in [5.41, 5.74) is -5.99. The van der Waals surface area contributed by atoms with Crippen LogP contribution in [0.1, 0.15) is 11.3 Å². The zero-order valence-corrected chi connectivity index (χ0v) is 12.2. The zero-order valence-electron chi connectivity index (χ0n) is 11.3. The van der Waals surface area contributed by atoms with Crippen molar-refractivity contribution in [3.05, 3.63) is 11.3 Å². The number of nitrogens with zero attached hydrogens (tertiary/aromatic N) is 2. The van der Waals surface area contributed by atoms with E-state index in [9.17, 15) is 47.4 Å². The third-order valence-electron chi connectivity index (χ3n) is 2.58. The molecule has 0 saturated heterocycles. The van der Waals surface area contributed by atoms with E-state index in [0.29, 0.717) is 0 Å². The highest BCUT2D eigenvalue weighted by Gasteiger charge is 2.64. The highest BCUT2D eigenvalue weighted by molar-refractivity contribution is 7.86. The second-order valence-electron chi connectivity index (χ2n) is 4.25. The van der Waals surface area contributed by atoms with E-state index in [2.05, 4.69) is 9.84 Å². The highest BCUT2D eigenvalue weighted by Crippen LogP contribution is 2.49. The smallest absolute Gasteiger partial charge is 0.383 e. The topological polar surface area (TPSA) is 61.2 Å². The maximum Gasteiger partial charge on any atom is 0.459 e. The Hall–Kier alpha value is -1.51. The van der Waals surface area contributed by atoms with Gasteiger partial charge >= 0.3 is 28.5 Å². The van der Waals surface area contributed by atoms with E-state index < -0.39 is 62.6 Å². The molecule has 0 aliphatic carbocycles. The Labute approximate surface area is 128 Å². The van der Waals surface area contributed by atoms with Gasteiger partial charge in [0.1, 0.15) is 5.56 Å². The van der Waals surface area contributed by atoms with Crippen molar-refractivity contribution in [1.29, 1.82) is 0 Å². The SMILES string of the molecule is COCCn1nc(C(F)(F)C(F)(F)F)c(C(F)(F)F)c1S(=O)(=O)F. The van der Waals surface area contributed by atoms with Gasteiger partial charge in [0.15, 0.2) is 10.7 Å². The minimum atomic E-state index is -6.52. The highest BCUT2D eigenvalue weighted by atomic mass is 32.3. The lowest BCUT2D eigenvalue weighted by Crippen LogP contribution is -2.36. The Morgan fingerprint density at radius 2 is 1.58 bits per heavy atom. The summed E-state index contributed by atoms with van der Waals surface area (Å²) in [7, 11) is -5.38. The van der Waals surface area contributed by atoms with Crippen molar-refractivity contribution in [3.8, 4) is 0 Å². The summed E-state index contributed by atoms with van der Waals surface area (Å²) in [5, 5.41) is -0.107. The Kier molecular flexibility index (Phi) is 5.21. The zero-order chi connectivity index (χ0) is 19.1. The maximum atomic E-state index is 13.3. The van der Waals surface area contributed by atoms with Crippen LogP contribution in [0.3, 0.4) is 0 Å². The summed E-state index contributed by atoms with van der Waals surface area (Å²) in [6.07, 6.45) is -12.6. The van der Waals surface area contributed by atoms with Gasteiger partial charge in [-0.1, -0.05) is 3.89 Å². The average molecular weight is 394 g/mol. The second-order valence-corrected chi connectivity index (χ2v) is 5.51. The van der Waals surface area contributed by atoms with Crippen LogP contribution < -0.4 is 0 Å². The number of hydrogen-bond donors (Lipinski definition) is 0. The standard InChI is InChI=1S/C9H7F9N2O3S/c1-23-3-2-20-6(24(18,21)22)4(8(12,13)14)5(19-20)7(10,11)9(15,16)17/h2-3H2,1H3. The van der Waals surface area contributed by atoms with Crippen molar-refractivity contribution < 1.29 is 52.2 Å². The predicted octanol–water partition coefficient (Wildman–Crippen LogP) is 2.86. The molecule has 0 spiro atoms. The van der Waals surface area contributed by atoms with Gasteiger partial charge in [0.25, 0.3) is 0 Å². The predicted molar refractivity (Wildman–Crippen MR) is 57.3 cm³/mol. The summed E-state index contributed by atoms with van der Waals surface area (Å²) < 4.78 is 141. The van der Waals surface area contributed by atoms with Crippen molar-refractivity contribution in [2.24, 2.45) is 0 Å². The van der Waals surface area contributed by atoms with Gasteiger partial charge in [-0.2, -0.15) is 48.6 Å². The summed E-state index contributed by atoms with van der Waals surface area (Å²) in [4.78, 5) is 0. The largest absolute Gasteiger partial charge is 0.459 e. The van der Waals surface area contributed by atoms with Crippen LogP contribution >= 0.6 is 0 Å². The van der Waals surface area contributed by atoms with E-state index in [4.69, 9.17) is 0 Å². The molecule has 1 aromatic heterocycles. The molecule has 1 heterocycles. The summed E-state index contributed by atoms with van der Waals surface area (Å²) in [6.45, 7) is -1.66. The number of rotatable bonds is 5. The van der Waals surface area contributed by atoms with Gasteiger partial charge in [-0.05, 0) is 0 Å². The van der Waals surface area contributed by atoms with Crippen LogP contribution in [-0.4, -0.2) is 38.1 Å². The summed E-state index contributed by atoms with van der Waals surface area (Å²) >= 11 is 0. The lowest BCUT2D eigenvalue weighted by atomic mass is 10.1. The van der Waals surface area contributed by atoms with E-state index in [0.717, 1.165) is 7.11 Å². The molecule has 0 amide bonds. The number of aromatic nitrogens is 2. The molecular formula is C9H7F9N2O3S. The lowest BCUT2D eigenvalue weighted by molar-refractivity contribution is -0.292. The molecule has 0 bridgehead atoms. The van der Waals surface area contributed by atoms with Crippen molar-refractivity contribution in [2.45, 2.75) is 29.8 Å². The molecule has 0 aromatic carbocycles.